The van der Waals surface area contributed by atoms with Crippen LogP contribution in [0.1, 0.15) is 4.88 Å². The Labute approximate surface area is 122 Å². The molecule has 1 aromatic heterocycles. The van der Waals surface area contributed by atoms with Crippen LogP contribution < -0.4 is 56.2 Å². The average Bonchev–Trinajstić information content (AvgIpc) is 2.28. The van der Waals surface area contributed by atoms with Crippen LogP contribution in [0.5, 0.6) is 0 Å². The molecule has 0 nitrogen and oxygen atoms in total. The Hall–Kier alpha value is 0.981. The molecule has 0 fully saturated rings. The number of hydrogen-bond acceptors (Lipinski definition) is 1. The molecule has 14 heavy (non-hydrogen) atoms. The molecule has 0 atom stereocenters. The van der Waals surface area contributed by atoms with E-state index in [9.17, 15) is 26.1 Å². The molecule has 1 rings (SSSR count). The van der Waals surface area contributed by atoms with Crippen LogP contribution in [-0.2, 0) is 6.18 Å². The molecule has 74 valence electrons. The zero-order valence-electron chi connectivity index (χ0n) is 6.91. The zero-order valence-corrected chi connectivity index (χ0v) is 10.8. The Morgan fingerprint density at radius 2 is 1.57 bits per heavy atom. The van der Waals surface area contributed by atoms with Gasteiger partial charge in [-0.15, -0.1) is 0 Å². The van der Waals surface area contributed by atoms with E-state index in [-0.39, 0.29) is 62.7 Å². The summed E-state index contributed by atoms with van der Waals surface area (Å²) in [5.74, 6) is 0. The van der Waals surface area contributed by atoms with E-state index >= 15 is 0 Å². The summed E-state index contributed by atoms with van der Waals surface area (Å²) >= 11 is -0.275. The molecule has 0 radical (unpaired) electrons. The first kappa shape index (κ1) is 15.0. The Morgan fingerprint density at radius 3 is 1.79 bits per heavy atom. The molecule has 1 heterocycles. The van der Waals surface area contributed by atoms with Crippen LogP contribution in [0.25, 0.3) is 0 Å². The summed E-state index contributed by atoms with van der Waals surface area (Å²) in [6, 6.07) is 0.892. The van der Waals surface area contributed by atoms with E-state index in [1.54, 1.807) is 0 Å². The SMILES string of the molecule is F[B-](F)(F)c1ccc(C(F)(F)F)s1.[K+]. The van der Waals surface area contributed by atoms with Gasteiger partial charge in [-0.3, -0.25) is 0 Å². The zero-order chi connectivity index (χ0) is 10.3. The fourth-order valence-corrected chi connectivity index (χ4v) is 1.46. The van der Waals surface area contributed by atoms with Crippen LogP contribution in [0.4, 0.5) is 26.1 Å². The Morgan fingerprint density at radius 1 is 1.07 bits per heavy atom. The van der Waals surface area contributed by atoms with Gasteiger partial charge >= 0.3 is 64.5 Å². The number of halogens is 6. The minimum Gasteiger partial charge on any atom is -0.444 e. The van der Waals surface area contributed by atoms with E-state index in [1.165, 1.54) is 0 Å². The molecule has 0 aliphatic rings. The van der Waals surface area contributed by atoms with Gasteiger partial charge in [-0.2, -0.15) is 24.5 Å². The number of alkyl halides is 3. The van der Waals surface area contributed by atoms with Crippen LogP contribution in [-0.4, -0.2) is 6.98 Å². The fourth-order valence-electron chi connectivity index (χ4n) is 0.681. The van der Waals surface area contributed by atoms with E-state index in [0.717, 1.165) is 0 Å². The number of rotatable bonds is 1. The smallest absolute Gasteiger partial charge is 0.444 e. The second-order valence-corrected chi connectivity index (χ2v) is 3.39. The van der Waals surface area contributed by atoms with Gasteiger partial charge in [0.05, 0.1) is 0 Å². The summed E-state index contributed by atoms with van der Waals surface area (Å²) in [5, 5.41) is 0. The van der Waals surface area contributed by atoms with Crippen molar-refractivity contribution in [3.8, 4) is 0 Å². The summed E-state index contributed by atoms with van der Waals surface area (Å²) in [5.41, 5.74) is 0. The molecule has 9 heteroatoms. The molecule has 0 aromatic carbocycles. The maximum absolute atomic E-state index is 11.9. The summed E-state index contributed by atoms with van der Waals surface area (Å²) in [6.45, 7) is -5.32. The molecule has 0 aliphatic heterocycles. The van der Waals surface area contributed by atoms with Gasteiger partial charge in [-0.05, 0) is 6.07 Å². The monoisotopic (exact) mass is 258 g/mol. The second-order valence-electron chi connectivity index (χ2n) is 2.27. The first-order valence-electron chi connectivity index (χ1n) is 3.08. The summed E-state index contributed by atoms with van der Waals surface area (Å²) in [4.78, 5) is -1.22. The van der Waals surface area contributed by atoms with Crippen molar-refractivity contribution in [1.82, 2.24) is 0 Å². The van der Waals surface area contributed by atoms with Gasteiger partial charge in [0.1, 0.15) is 4.88 Å². The maximum atomic E-state index is 11.9. The van der Waals surface area contributed by atoms with Gasteiger partial charge in [0.25, 0.3) is 0 Å². The molecule has 0 N–H and O–H groups in total. The quantitative estimate of drug-likeness (QED) is 0.484. The van der Waals surface area contributed by atoms with Gasteiger partial charge in [-0.25, -0.2) is 0 Å². The molecule has 0 spiro atoms. The van der Waals surface area contributed by atoms with Crippen LogP contribution >= 0.6 is 11.3 Å². The molecule has 0 saturated heterocycles. The van der Waals surface area contributed by atoms with Crippen molar-refractivity contribution in [2.75, 3.05) is 0 Å². The van der Waals surface area contributed by atoms with E-state index in [4.69, 9.17) is 0 Å². The van der Waals surface area contributed by atoms with Gasteiger partial charge in [0.15, 0.2) is 0 Å². The van der Waals surface area contributed by atoms with Crippen molar-refractivity contribution in [3.05, 3.63) is 17.0 Å². The fraction of sp³-hybridized carbons (Fsp3) is 0.200. The summed E-state index contributed by atoms with van der Waals surface area (Å²) < 4.78 is 70.0. The maximum Gasteiger partial charge on any atom is 1.00 e. The molecule has 0 aliphatic carbocycles. The van der Waals surface area contributed by atoms with Crippen LogP contribution in [0.15, 0.2) is 12.1 Å². The standard InChI is InChI=1S/C5H2BF6S.K/c7-5(8,9)3-1-2-4(13-3)6(10,11)12;/h1-2H;/q-1;+1. The number of thiophene rings is 1. The second kappa shape index (κ2) is 4.88. The Balaban J connectivity index is 0.00000169. The number of hydrogen-bond donors (Lipinski definition) is 0. The normalized spacial score (nSPS) is 12.4. The van der Waals surface area contributed by atoms with E-state index in [2.05, 4.69) is 0 Å². The first-order valence-corrected chi connectivity index (χ1v) is 3.90. The van der Waals surface area contributed by atoms with Gasteiger partial charge in [0, 0.05) is 0 Å². The topological polar surface area (TPSA) is 0 Å². The molecule has 0 amide bonds. The molecule has 0 bridgehead atoms. The summed E-state index contributed by atoms with van der Waals surface area (Å²) in [7, 11) is 0. The molecular weight excluding hydrogens is 256 g/mol. The third-order valence-electron chi connectivity index (χ3n) is 1.23. The molecule has 0 saturated carbocycles. The Bertz CT molecular complexity index is 273. The van der Waals surface area contributed by atoms with Crippen LogP contribution in [0, 0.1) is 0 Å². The largest absolute Gasteiger partial charge is 1.00 e. The minimum atomic E-state index is -5.32. The molecular formula is C5H2BF6KS. The Kier molecular flexibility index (Phi) is 5.22. The predicted octanol–water partition coefficient (Wildman–Crippen LogP) is -0.175. The third-order valence-corrected chi connectivity index (χ3v) is 2.46. The van der Waals surface area contributed by atoms with Crippen molar-refractivity contribution in [1.29, 1.82) is 0 Å². The van der Waals surface area contributed by atoms with E-state index in [1.807, 2.05) is 0 Å². The van der Waals surface area contributed by atoms with Crippen LogP contribution in [0.3, 0.4) is 0 Å². The van der Waals surface area contributed by atoms with Crippen molar-refractivity contribution in [2.45, 2.75) is 6.18 Å². The first-order chi connectivity index (χ1) is 5.71. The van der Waals surface area contributed by atoms with Crippen molar-refractivity contribution >= 4 is 23.1 Å². The summed E-state index contributed by atoms with van der Waals surface area (Å²) in [6.07, 6.45) is -4.69. The average molecular weight is 258 g/mol. The van der Waals surface area contributed by atoms with Crippen molar-refractivity contribution in [2.24, 2.45) is 0 Å². The van der Waals surface area contributed by atoms with Gasteiger partial charge in [0.2, 0.25) is 0 Å². The van der Waals surface area contributed by atoms with Crippen LogP contribution in [0.2, 0.25) is 0 Å². The van der Waals surface area contributed by atoms with E-state index in [0.29, 0.717) is 12.1 Å². The predicted molar refractivity (Wildman–Crippen MR) is 38.0 cm³/mol. The van der Waals surface area contributed by atoms with E-state index < -0.39 is 22.8 Å². The van der Waals surface area contributed by atoms with Gasteiger partial charge < -0.3 is 12.9 Å². The van der Waals surface area contributed by atoms with Crippen molar-refractivity contribution < 1.29 is 77.5 Å². The molecule has 1 aromatic rings. The van der Waals surface area contributed by atoms with Gasteiger partial charge in [-0.1, -0.05) is 10.8 Å². The molecule has 0 unspecified atom stereocenters. The van der Waals surface area contributed by atoms with Crippen molar-refractivity contribution in [3.63, 3.8) is 0 Å². The third kappa shape index (κ3) is 3.86. The minimum absolute atomic E-state index is 0.